The van der Waals surface area contributed by atoms with E-state index in [9.17, 15) is 9.59 Å². The molecule has 0 atom stereocenters. The van der Waals surface area contributed by atoms with Crippen LogP contribution in [0.5, 0.6) is 0 Å². The van der Waals surface area contributed by atoms with Gasteiger partial charge in [-0.3, -0.25) is 9.59 Å². The number of hydrogen-bond donors (Lipinski definition) is 0. The summed E-state index contributed by atoms with van der Waals surface area (Å²) >= 11 is 0. The fourth-order valence-corrected chi connectivity index (χ4v) is 11.7. The molecule has 8 rings (SSSR count). The first-order valence-electron chi connectivity index (χ1n) is 18.1. The minimum absolute atomic E-state index is 0.0665. The van der Waals surface area contributed by atoms with Crippen LogP contribution in [0.2, 0.25) is 0 Å². The maximum Gasteiger partial charge on any atom is 0.249 e. The third-order valence-corrected chi connectivity index (χ3v) is 12.3. The van der Waals surface area contributed by atoms with Crippen LogP contribution in [0.1, 0.15) is 119 Å². The fourth-order valence-electron chi connectivity index (χ4n) is 11.7. The first-order valence-corrected chi connectivity index (χ1v) is 18.1. The van der Waals surface area contributed by atoms with Crippen LogP contribution in [-0.2, 0) is 19.1 Å². The fraction of sp³-hybridized carbons (Fsp3) is 0.946. The van der Waals surface area contributed by atoms with E-state index in [4.69, 9.17) is 9.47 Å². The molecule has 0 radical (unpaired) electrons. The summed E-state index contributed by atoms with van der Waals surface area (Å²) in [5.41, 5.74) is -0.137. The maximum atomic E-state index is 13.7. The van der Waals surface area contributed by atoms with E-state index in [1.807, 2.05) is 0 Å². The minimum atomic E-state index is -0.270. The Bertz CT molecular complexity index is 870. The summed E-state index contributed by atoms with van der Waals surface area (Å²) in [6.07, 6.45) is 15.5. The molecule has 0 N–H and O–H groups in total. The van der Waals surface area contributed by atoms with Gasteiger partial charge in [-0.25, -0.2) is 0 Å². The summed E-state index contributed by atoms with van der Waals surface area (Å²) < 4.78 is 12.3. The Balaban J connectivity index is 0.997. The van der Waals surface area contributed by atoms with Crippen LogP contribution < -0.4 is 0 Å². The van der Waals surface area contributed by atoms with Crippen molar-refractivity contribution in [2.24, 2.45) is 52.8 Å². The summed E-state index contributed by atoms with van der Waals surface area (Å²) in [5, 5.41) is 0. The smallest absolute Gasteiger partial charge is 0.249 e. The highest BCUT2D eigenvalue weighted by Gasteiger charge is 2.56. The molecule has 0 spiro atoms. The molecule has 2 amide bonds. The molecule has 0 saturated heterocycles. The Morgan fingerprint density at radius 3 is 1.14 bits per heavy atom. The lowest BCUT2D eigenvalue weighted by molar-refractivity contribution is -0.159. The van der Waals surface area contributed by atoms with Crippen molar-refractivity contribution in [1.82, 2.24) is 9.80 Å². The van der Waals surface area contributed by atoms with Gasteiger partial charge in [-0.1, -0.05) is 41.5 Å². The van der Waals surface area contributed by atoms with E-state index in [1.54, 1.807) is 0 Å². The number of ether oxygens (including phenoxy) is 2. The van der Waals surface area contributed by atoms with Gasteiger partial charge in [-0.05, 0) is 124 Å². The zero-order chi connectivity index (χ0) is 30.6. The minimum Gasteiger partial charge on any atom is -0.371 e. The highest BCUT2D eigenvalue weighted by molar-refractivity contribution is 5.79. The van der Waals surface area contributed by atoms with Gasteiger partial charge in [0.1, 0.15) is 13.2 Å². The van der Waals surface area contributed by atoms with Gasteiger partial charge in [-0.15, -0.1) is 0 Å². The van der Waals surface area contributed by atoms with E-state index in [0.717, 1.165) is 48.6 Å². The Labute approximate surface area is 262 Å². The average molecular weight is 599 g/mol. The second-order valence-corrected chi connectivity index (χ2v) is 18.2. The molecule has 8 aliphatic rings. The van der Waals surface area contributed by atoms with E-state index < -0.39 is 0 Å². The molecular formula is C37H62N2O4. The van der Waals surface area contributed by atoms with E-state index in [-0.39, 0.29) is 41.5 Å². The molecule has 0 heterocycles. The van der Waals surface area contributed by atoms with Crippen molar-refractivity contribution in [2.75, 3.05) is 39.5 Å². The third-order valence-electron chi connectivity index (χ3n) is 12.3. The van der Waals surface area contributed by atoms with Crippen molar-refractivity contribution in [1.29, 1.82) is 0 Å². The SMILES string of the molecule is CC(C)CN(C(=O)COCC(C)(C)COCC(=O)N(CC(C)C)C12CC3CC(CC(C3)C1)C2)C12CC3CC(CC(C3)C1)C2. The first-order chi connectivity index (χ1) is 20.3. The van der Waals surface area contributed by atoms with Crippen LogP contribution in [0.15, 0.2) is 0 Å². The molecule has 0 unspecified atom stereocenters. The van der Waals surface area contributed by atoms with Gasteiger partial charge in [0.2, 0.25) is 11.8 Å². The standard InChI is InChI=1S/C37H62N2O4/c1-25(2)19-38(36-13-27-7-28(14-36)9-29(8-27)15-36)33(40)21-42-23-35(5,6)24-43-22-34(41)39(20-26(3)4)37-16-30-10-31(17-37)12-32(11-30)18-37/h25-32H,7-24H2,1-6H3. The van der Waals surface area contributed by atoms with Gasteiger partial charge in [0.15, 0.2) is 0 Å². The van der Waals surface area contributed by atoms with Gasteiger partial charge in [-0.2, -0.15) is 0 Å². The van der Waals surface area contributed by atoms with Gasteiger partial charge in [0.05, 0.1) is 13.2 Å². The summed E-state index contributed by atoms with van der Waals surface area (Å²) in [6.45, 7) is 16.0. The van der Waals surface area contributed by atoms with Gasteiger partial charge >= 0.3 is 0 Å². The summed E-state index contributed by atoms with van der Waals surface area (Å²) in [5.74, 6) is 6.12. The van der Waals surface area contributed by atoms with E-state index >= 15 is 0 Å². The van der Waals surface area contributed by atoms with Gasteiger partial charge in [0.25, 0.3) is 0 Å². The molecule has 0 aliphatic heterocycles. The Kier molecular flexibility index (Phi) is 9.05. The predicted molar refractivity (Wildman–Crippen MR) is 170 cm³/mol. The lowest BCUT2D eigenvalue weighted by Crippen LogP contribution is -2.62. The van der Waals surface area contributed by atoms with E-state index in [0.29, 0.717) is 25.0 Å². The Hall–Kier alpha value is -1.14. The molecule has 8 saturated carbocycles. The zero-order valence-electron chi connectivity index (χ0n) is 28.4. The number of hydrogen-bond acceptors (Lipinski definition) is 4. The summed E-state index contributed by atoms with van der Waals surface area (Å²) in [4.78, 5) is 32.0. The first kappa shape index (κ1) is 31.8. The van der Waals surface area contributed by atoms with Crippen molar-refractivity contribution in [2.45, 2.75) is 130 Å². The van der Waals surface area contributed by atoms with Crippen LogP contribution >= 0.6 is 0 Å². The van der Waals surface area contributed by atoms with Crippen molar-refractivity contribution < 1.29 is 19.1 Å². The lowest BCUT2D eigenvalue weighted by Gasteiger charge is -2.60. The predicted octanol–water partition coefficient (Wildman–Crippen LogP) is 6.95. The number of nitrogens with zero attached hydrogens (tertiary/aromatic N) is 2. The van der Waals surface area contributed by atoms with Gasteiger partial charge < -0.3 is 19.3 Å². The van der Waals surface area contributed by atoms with Crippen molar-refractivity contribution in [3.05, 3.63) is 0 Å². The van der Waals surface area contributed by atoms with Crippen LogP contribution in [0, 0.1) is 52.8 Å². The molecular weight excluding hydrogens is 536 g/mol. The number of rotatable bonds is 14. The highest BCUT2D eigenvalue weighted by atomic mass is 16.5. The van der Waals surface area contributed by atoms with Gasteiger partial charge in [0, 0.05) is 29.6 Å². The number of amides is 2. The number of carbonyl (C=O) groups excluding carboxylic acids is 2. The third kappa shape index (κ3) is 6.86. The Morgan fingerprint density at radius 1 is 0.605 bits per heavy atom. The van der Waals surface area contributed by atoms with Crippen molar-refractivity contribution in [3.8, 4) is 0 Å². The van der Waals surface area contributed by atoms with E-state index in [1.165, 1.54) is 77.0 Å². The zero-order valence-corrected chi connectivity index (χ0v) is 28.4. The molecule has 6 heteroatoms. The maximum absolute atomic E-state index is 13.7. The molecule has 244 valence electrons. The summed E-state index contributed by atoms with van der Waals surface area (Å²) in [7, 11) is 0. The molecule has 0 aromatic heterocycles. The number of carbonyl (C=O) groups is 2. The quantitative estimate of drug-likeness (QED) is 0.217. The normalized spacial score (nSPS) is 37.5. The highest BCUT2D eigenvalue weighted by Crippen LogP contribution is 2.59. The van der Waals surface area contributed by atoms with Crippen molar-refractivity contribution in [3.63, 3.8) is 0 Å². The topological polar surface area (TPSA) is 59.1 Å². The summed E-state index contributed by atoms with van der Waals surface area (Å²) in [6, 6.07) is 0. The van der Waals surface area contributed by atoms with E-state index in [2.05, 4.69) is 51.3 Å². The molecule has 0 aromatic carbocycles. The lowest BCUT2D eigenvalue weighted by atomic mass is 9.52. The van der Waals surface area contributed by atoms with Crippen molar-refractivity contribution >= 4 is 11.8 Å². The molecule has 6 nitrogen and oxygen atoms in total. The van der Waals surface area contributed by atoms with Crippen LogP contribution in [0.4, 0.5) is 0 Å². The average Bonchev–Trinajstić information content (AvgIpc) is 2.88. The molecule has 43 heavy (non-hydrogen) atoms. The molecule has 8 aliphatic carbocycles. The van der Waals surface area contributed by atoms with Crippen LogP contribution in [0.3, 0.4) is 0 Å². The second kappa shape index (κ2) is 12.2. The van der Waals surface area contributed by atoms with Crippen LogP contribution in [-0.4, -0.2) is 72.2 Å². The molecule has 8 bridgehead atoms. The molecule has 8 fully saturated rings. The monoisotopic (exact) mass is 598 g/mol. The largest absolute Gasteiger partial charge is 0.371 e. The Morgan fingerprint density at radius 2 is 0.884 bits per heavy atom. The van der Waals surface area contributed by atoms with Crippen LogP contribution in [0.25, 0.3) is 0 Å². The second-order valence-electron chi connectivity index (χ2n) is 18.2. The molecule has 0 aromatic rings.